The van der Waals surface area contributed by atoms with Crippen molar-refractivity contribution in [2.75, 3.05) is 26.4 Å². The van der Waals surface area contributed by atoms with E-state index in [2.05, 4.69) is 23.1 Å². The van der Waals surface area contributed by atoms with Crippen molar-refractivity contribution in [3.8, 4) is 11.5 Å². The number of aliphatic hydroxyl groups is 2. The van der Waals surface area contributed by atoms with Gasteiger partial charge in [0.2, 0.25) is 6.79 Å². The summed E-state index contributed by atoms with van der Waals surface area (Å²) >= 11 is 0. The highest BCUT2D eigenvalue weighted by Crippen LogP contribution is 2.39. The second kappa shape index (κ2) is 7.07. The molecule has 0 radical (unpaired) electrons. The molecule has 0 unspecified atom stereocenters. The van der Waals surface area contributed by atoms with Gasteiger partial charge in [-0.25, -0.2) is 0 Å². The fourth-order valence-electron chi connectivity index (χ4n) is 4.73. The van der Waals surface area contributed by atoms with Gasteiger partial charge in [-0.3, -0.25) is 0 Å². The Hall–Kier alpha value is -2.08. The van der Waals surface area contributed by atoms with Gasteiger partial charge in [0.1, 0.15) is 0 Å². The lowest BCUT2D eigenvalue weighted by molar-refractivity contribution is -0.0345. The topological polar surface area (TPSA) is 62.2 Å². The van der Waals surface area contributed by atoms with E-state index in [4.69, 9.17) is 9.47 Å². The fourth-order valence-corrected chi connectivity index (χ4v) is 4.73. The number of nitrogens with zero attached hydrogens (tertiary/aromatic N) is 1. The zero-order chi connectivity index (χ0) is 19.1. The maximum Gasteiger partial charge on any atom is 0.231 e. The largest absolute Gasteiger partial charge is 0.454 e. The number of hydrogen-bond donors (Lipinski definition) is 2. The maximum absolute atomic E-state index is 11.2. The first-order chi connectivity index (χ1) is 13.6. The normalized spacial score (nSPS) is 21.5. The molecule has 1 saturated heterocycles. The summed E-state index contributed by atoms with van der Waals surface area (Å²) in [4.78, 5) is 2.25. The predicted molar refractivity (Wildman–Crippen MR) is 106 cm³/mol. The molecule has 5 nitrogen and oxygen atoms in total. The summed E-state index contributed by atoms with van der Waals surface area (Å²) in [5, 5.41) is 21.9. The van der Waals surface area contributed by atoms with Crippen LogP contribution in [-0.2, 0) is 18.4 Å². The number of aliphatic hydroxyl groups excluding tert-OH is 1. The first-order valence-corrected chi connectivity index (χ1v) is 10.3. The Kier molecular flexibility index (Phi) is 4.54. The highest BCUT2D eigenvalue weighted by Gasteiger charge is 2.35. The molecule has 0 aromatic heterocycles. The van der Waals surface area contributed by atoms with Crippen LogP contribution in [-0.4, -0.2) is 41.5 Å². The van der Waals surface area contributed by atoms with Gasteiger partial charge in [-0.1, -0.05) is 24.3 Å². The second-order valence-electron chi connectivity index (χ2n) is 8.30. The average molecular weight is 381 g/mol. The van der Waals surface area contributed by atoms with E-state index in [1.54, 1.807) is 0 Å². The van der Waals surface area contributed by atoms with Gasteiger partial charge in [0.05, 0.1) is 11.7 Å². The first-order valence-electron chi connectivity index (χ1n) is 10.3. The third kappa shape index (κ3) is 3.28. The van der Waals surface area contributed by atoms with Gasteiger partial charge in [0.25, 0.3) is 0 Å². The quantitative estimate of drug-likeness (QED) is 0.853. The van der Waals surface area contributed by atoms with Gasteiger partial charge >= 0.3 is 0 Å². The number of ether oxygens (including phenoxy) is 2. The molecule has 148 valence electrons. The molecular formula is C23H27NO4. The van der Waals surface area contributed by atoms with Gasteiger partial charge in [0, 0.05) is 19.6 Å². The smallest absolute Gasteiger partial charge is 0.231 e. The molecule has 2 aliphatic heterocycles. The van der Waals surface area contributed by atoms with E-state index in [1.165, 1.54) is 17.5 Å². The van der Waals surface area contributed by atoms with E-state index in [0.29, 0.717) is 25.1 Å². The minimum absolute atomic E-state index is 0.242. The number of hydrogen-bond acceptors (Lipinski definition) is 5. The van der Waals surface area contributed by atoms with E-state index >= 15 is 0 Å². The standard InChI is InChI=1S/C23H27NO4/c25-20(18-5-4-16-2-1-3-17(16)12-18)14-24-10-8-23(26,9-11-24)19-6-7-21-22(13-19)28-15-27-21/h4-7,12-13,20,25-26H,1-3,8-11,14-15H2/t20-/m1/s1. The number of benzene rings is 2. The van der Waals surface area contributed by atoms with Crippen molar-refractivity contribution in [3.05, 3.63) is 58.7 Å². The van der Waals surface area contributed by atoms with Crippen LogP contribution in [0.4, 0.5) is 0 Å². The molecule has 1 atom stereocenters. The lowest BCUT2D eigenvalue weighted by atomic mass is 9.84. The Morgan fingerprint density at radius 1 is 0.964 bits per heavy atom. The van der Waals surface area contributed by atoms with Crippen LogP contribution in [0.3, 0.4) is 0 Å². The van der Waals surface area contributed by atoms with Crippen molar-refractivity contribution in [2.24, 2.45) is 0 Å². The van der Waals surface area contributed by atoms with Crippen LogP contribution < -0.4 is 9.47 Å². The fraction of sp³-hybridized carbons (Fsp3) is 0.478. The molecule has 1 aliphatic carbocycles. The third-order valence-electron chi connectivity index (χ3n) is 6.53. The van der Waals surface area contributed by atoms with Crippen molar-refractivity contribution in [1.29, 1.82) is 0 Å². The number of β-amino-alcohol motifs (C(OH)–C–C–N with tert-alkyl or cyclic N) is 1. The second-order valence-corrected chi connectivity index (χ2v) is 8.30. The number of likely N-dealkylation sites (tertiary alicyclic amines) is 1. The van der Waals surface area contributed by atoms with Crippen LogP contribution in [0.25, 0.3) is 0 Å². The minimum atomic E-state index is -0.851. The summed E-state index contributed by atoms with van der Waals surface area (Å²) in [6, 6.07) is 12.1. The maximum atomic E-state index is 11.2. The highest BCUT2D eigenvalue weighted by atomic mass is 16.7. The van der Waals surface area contributed by atoms with Crippen molar-refractivity contribution in [1.82, 2.24) is 4.90 Å². The van der Waals surface area contributed by atoms with Gasteiger partial charge in [-0.2, -0.15) is 0 Å². The van der Waals surface area contributed by atoms with Crippen LogP contribution in [0.5, 0.6) is 11.5 Å². The molecule has 2 heterocycles. The Morgan fingerprint density at radius 2 is 1.75 bits per heavy atom. The molecule has 5 heteroatoms. The van der Waals surface area contributed by atoms with E-state index in [0.717, 1.165) is 42.8 Å². The number of fused-ring (bicyclic) bond motifs is 2. The zero-order valence-electron chi connectivity index (χ0n) is 16.1. The highest BCUT2D eigenvalue weighted by molar-refractivity contribution is 5.46. The van der Waals surface area contributed by atoms with Gasteiger partial charge in [0.15, 0.2) is 11.5 Å². The molecule has 0 saturated carbocycles. The monoisotopic (exact) mass is 381 g/mol. The Morgan fingerprint density at radius 3 is 2.61 bits per heavy atom. The van der Waals surface area contributed by atoms with Crippen LogP contribution in [0.2, 0.25) is 0 Å². The van der Waals surface area contributed by atoms with Crippen molar-refractivity contribution >= 4 is 0 Å². The summed E-state index contributed by atoms with van der Waals surface area (Å²) in [6.07, 6.45) is 4.31. The zero-order valence-corrected chi connectivity index (χ0v) is 16.1. The van der Waals surface area contributed by atoms with Crippen LogP contribution in [0, 0.1) is 0 Å². The van der Waals surface area contributed by atoms with E-state index < -0.39 is 11.7 Å². The molecular weight excluding hydrogens is 354 g/mol. The lowest BCUT2D eigenvalue weighted by Crippen LogP contribution is -2.43. The van der Waals surface area contributed by atoms with Gasteiger partial charge in [-0.05, 0) is 66.5 Å². The summed E-state index contributed by atoms with van der Waals surface area (Å²) in [6.45, 7) is 2.36. The Labute approximate surface area is 165 Å². The number of piperidine rings is 1. The van der Waals surface area contributed by atoms with E-state index in [-0.39, 0.29) is 6.79 Å². The summed E-state index contributed by atoms with van der Waals surface area (Å²) in [5.74, 6) is 1.45. The van der Waals surface area contributed by atoms with E-state index in [1.807, 2.05) is 18.2 Å². The summed E-state index contributed by atoms with van der Waals surface area (Å²) < 4.78 is 10.8. The third-order valence-corrected chi connectivity index (χ3v) is 6.53. The SMILES string of the molecule is O[C@H](CN1CCC(O)(c2ccc3c(c2)OCO3)CC1)c1ccc2c(c1)CCC2. The number of aryl methyl sites for hydroxylation is 2. The van der Waals surface area contributed by atoms with Crippen molar-refractivity contribution in [3.63, 3.8) is 0 Å². The Balaban J connectivity index is 1.22. The molecule has 2 aromatic rings. The molecule has 0 amide bonds. The van der Waals surface area contributed by atoms with Crippen LogP contribution in [0.15, 0.2) is 36.4 Å². The van der Waals surface area contributed by atoms with Crippen LogP contribution >= 0.6 is 0 Å². The molecule has 28 heavy (non-hydrogen) atoms. The summed E-state index contributed by atoms with van der Waals surface area (Å²) in [5.41, 5.74) is 3.87. The summed E-state index contributed by atoms with van der Waals surface area (Å²) in [7, 11) is 0. The van der Waals surface area contributed by atoms with Crippen molar-refractivity contribution in [2.45, 2.75) is 43.8 Å². The molecule has 2 N–H and O–H groups in total. The first kappa shape index (κ1) is 18.0. The van der Waals surface area contributed by atoms with Gasteiger partial charge in [-0.15, -0.1) is 0 Å². The molecule has 1 fully saturated rings. The molecule has 0 bridgehead atoms. The molecule has 3 aliphatic rings. The minimum Gasteiger partial charge on any atom is -0.454 e. The molecule has 2 aromatic carbocycles. The lowest BCUT2D eigenvalue weighted by Gasteiger charge is -2.39. The van der Waals surface area contributed by atoms with Crippen molar-refractivity contribution < 1.29 is 19.7 Å². The average Bonchev–Trinajstić information content (AvgIpc) is 3.37. The van der Waals surface area contributed by atoms with Crippen LogP contribution in [0.1, 0.15) is 47.6 Å². The van der Waals surface area contributed by atoms with Gasteiger partial charge < -0.3 is 24.6 Å². The molecule has 0 spiro atoms. The molecule has 5 rings (SSSR count). The van der Waals surface area contributed by atoms with E-state index in [9.17, 15) is 10.2 Å². The Bertz CT molecular complexity index is 873. The predicted octanol–water partition coefficient (Wildman–Crippen LogP) is 2.92. The number of rotatable bonds is 4.